The summed E-state index contributed by atoms with van der Waals surface area (Å²) in [7, 11) is 0. The number of hydrogen-bond acceptors (Lipinski definition) is 6. The Labute approximate surface area is 207 Å². The van der Waals surface area contributed by atoms with Crippen LogP contribution in [0.2, 0.25) is 0 Å². The smallest absolute Gasteiger partial charge is 0.329 e. The first-order chi connectivity index (χ1) is 17.5. The summed E-state index contributed by atoms with van der Waals surface area (Å²) in [6, 6.07) is 9.70. The molecule has 1 saturated heterocycles. The normalized spacial score (nSPS) is 16.6. The number of pyridine rings is 1. The quantitative estimate of drug-likeness (QED) is 0.447. The number of amides is 1. The van der Waals surface area contributed by atoms with Crippen molar-refractivity contribution in [3.05, 3.63) is 62.4 Å². The van der Waals surface area contributed by atoms with Gasteiger partial charge in [-0.2, -0.15) is 0 Å². The van der Waals surface area contributed by atoms with E-state index in [4.69, 9.17) is 9.97 Å². The lowest BCUT2D eigenvalue weighted by molar-refractivity contribution is 0.0768. The summed E-state index contributed by atoms with van der Waals surface area (Å²) in [5, 5.41) is 0.204. The molecule has 0 unspecified atom stereocenters. The predicted molar refractivity (Wildman–Crippen MR) is 138 cm³/mol. The number of H-pyrrole nitrogens is 2. The van der Waals surface area contributed by atoms with E-state index >= 15 is 0 Å². The van der Waals surface area contributed by atoms with Crippen molar-refractivity contribution in [2.75, 3.05) is 31.1 Å². The molecule has 6 rings (SSSR count). The van der Waals surface area contributed by atoms with Gasteiger partial charge in [-0.05, 0) is 43.9 Å². The zero-order valence-corrected chi connectivity index (χ0v) is 20.3. The minimum Gasteiger partial charge on any atom is -0.341 e. The van der Waals surface area contributed by atoms with E-state index in [0.29, 0.717) is 43.8 Å². The second-order valence-corrected chi connectivity index (χ2v) is 9.69. The maximum atomic E-state index is 13.9. The molecule has 2 aliphatic rings. The second kappa shape index (κ2) is 8.92. The van der Waals surface area contributed by atoms with Gasteiger partial charge in [-0.15, -0.1) is 0 Å². The molecule has 4 heterocycles. The van der Waals surface area contributed by atoms with E-state index in [-0.39, 0.29) is 17.2 Å². The molecular weight excluding hydrogens is 458 g/mol. The van der Waals surface area contributed by atoms with Crippen LogP contribution in [0.15, 0.2) is 39.9 Å². The van der Waals surface area contributed by atoms with E-state index in [9.17, 15) is 14.4 Å². The number of rotatable bonds is 5. The molecule has 0 bridgehead atoms. The van der Waals surface area contributed by atoms with Crippen LogP contribution in [0.25, 0.3) is 22.1 Å². The van der Waals surface area contributed by atoms with Gasteiger partial charge < -0.3 is 14.8 Å². The van der Waals surface area contributed by atoms with Crippen molar-refractivity contribution in [2.24, 2.45) is 0 Å². The van der Waals surface area contributed by atoms with Crippen LogP contribution in [0, 0.1) is 0 Å². The van der Waals surface area contributed by atoms with Crippen molar-refractivity contribution in [3.8, 4) is 0 Å². The highest BCUT2D eigenvalue weighted by Crippen LogP contribution is 2.40. The Balaban J connectivity index is 1.35. The molecule has 186 valence electrons. The van der Waals surface area contributed by atoms with Gasteiger partial charge in [0.25, 0.3) is 11.5 Å². The van der Waals surface area contributed by atoms with Crippen molar-refractivity contribution in [2.45, 2.75) is 45.1 Å². The zero-order chi connectivity index (χ0) is 24.8. The molecule has 1 aromatic carbocycles. The van der Waals surface area contributed by atoms with Gasteiger partial charge in [0.1, 0.15) is 0 Å². The van der Waals surface area contributed by atoms with Crippen molar-refractivity contribution in [3.63, 3.8) is 0 Å². The molecule has 2 N–H and O–H groups in total. The van der Waals surface area contributed by atoms with Crippen molar-refractivity contribution in [1.29, 1.82) is 0 Å². The van der Waals surface area contributed by atoms with Crippen LogP contribution in [-0.2, 0) is 6.54 Å². The summed E-state index contributed by atoms with van der Waals surface area (Å²) in [4.78, 5) is 58.6. The van der Waals surface area contributed by atoms with Gasteiger partial charge in [-0.25, -0.2) is 14.8 Å². The Morgan fingerprint density at radius 2 is 1.89 bits per heavy atom. The molecule has 1 aliphatic carbocycles. The van der Waals surface area contributed by atoms with Gasteiger partial charge in [0.05, 0.1) is 22.0 Å². The van der Waals surface area contributed by atoms with Gasteiger partial charge in [0, 0.05) is 44.3 Å². The van der Waals surface area contributed by atoms with Gasteiger partial charge in [0.2, 0.25) is 5.95 Å². The van der Waals surface area contributed by atoms with Gasteiger partial charge >= 0.3 is 5.69 Å². The van der Waals surface area contributed by atoms with Crippen LogP contribution in [0.3, 0.4) is 0 Å². The number of hydrogen-bond donors (Lipinski definition) is 2. The highest BCUT2D eigenvalue weighted by molar-refractivity contribution is 6.05. The number of aromatic amines is 2. The van der Waals surface area contributed by atoms with Crippen molar-refractivity contribution < 1.29 is 4.79 Å². The predicted octanol–water partition coefficient (Wildman–Crippen LogP) is 2.60. The number of carbonyl (C=O) groups excluding carboxylic acids is 1. The molecule has 1 saturated carbocycles. The summed E-state index contributed by atoms with van der Waals surface area (Å²) < 4.78 is 1.49. The van der Waals surface area contributed by atoms with E-state index in [1.165, 1.54) is 4.57 Å². The van der Waals surface area contributed by atoms with E-state index in [1.54, 1.807) is 6.07 Å². The molecule has 3 aromatic heterocycles. The summed E-state index contributed by atoms with van der Waals surface area (Å²) in [6.45, 7) is 4.86. The van der Waals surface area contributed by atoms with Gasteiger partial charge in [0.15, 0.2) is 5.65 Å². The lowest BCUT2D eigenvalue weighted by Crippen LogP contribution is -2.37. The number of nitrogens with zero attached hydrogens (tertiary/aromatic N) is 5. The third-order valence-corrected chi connectivity index (χ3v) is 7.10. The van der Waals surface area contributed by atoms with Crippen molar-refractivity contribution >= 4 is 33.9 Å². The molecule has 10 heteroatoms. The molecule has 10 nitrogen and oxygen atoms in total. The standard InChI is InChI=1S/C26H29N7O3/c1-2-10-33-22-21(23(34)30-26(33)36)17(15-20(27-22)16-8-9-16)24(35)31-11-5-12-32(14-13-31)25-28-18-6-3-4-7-19(18)29-25/h3-4,6-7,15-16H,2,5,8-14H2,1H3,(H,28,29)(H,30,34,36). The van der Waals surface area contributed by atoms with E-state index < -0.39 is 11.2 Å². The topological polar surface area (TPSA) is 120 Å². The van der Waals surface area contributed by atoms with Crippen molar-refractivity contribution in [1.82, 2.24) is 29.4 Å². The molecular formula is C26H29N7O3. The number of imidazole rings is 1. The number of fused-ring (bicyclic) bond motifs is 2. The average molecular weight is 488 g/mol. The average Bonchev–Trinajstić information content (AvgIpc) is 3.68. The molecule has 0 radical (unpaired) electrons. The van der Waals surface area contributed by atoms with Crippen LogP contribution in [0.5, 0.6) is 0 Å². The fourth-order valence-electron chi connectivity index (χ4n) is 5.07. The number of benzene rings is 1. The number of carbonyl (C=O) groups is 1. The Morgan fingerprint density at radius 3 is 2.67 bits per heavy atom. The summed E-state index contributed by atoms with van der Waals surface area (Å²) in [5.74, 6) is 0.886. The molecule has 1 amide bonds. The Kier molecular flexibility index (Phi) is 5.58. The Bertz CT molecular complexity index is 1550. The molecule has 0 spiro atoms. The first kappa shape index (κ1) is 22.5. The van der Waals surface area contributed by atoms with Gasteiger partial charge in [-0.3, -0.25) is 19.1 Å². The Hall–Kier alpha value is -3.95. The SMILES string of the molecule is CCCn1c(=O)[nH]c(=O)c2c(C(=O)N3CCCN(c4nc5ccccc5[nH]4)CC3)cc(C3CC3)nc21. The monoisotopic (exact) mass is 487 g/mol. The minimum atomic E-state index is -0.556. The number of aryl methyl sites for hydroxylation is 1. The molecule has 1 aliphatic heterocycles. The largest absolute Gasteiger partial charge is 0.341 e. The third kappa shape index (κ3) is 3.96. The van der Waals surface area contributed by atoms with Crippen LogP contribution in [0.1, 0.15) is 54.6 Å². The second-order valence-electron chi connectivity index (χ2n) is 9.69. The maximum Gasteiger partial charge on any atom is 0.329 e. The number of nitrogens with one attached hydrogen (secondary N) is 2. The number of anilines is 1. The highest BCUT2D eigenvalue weighted by atomic mass is 16.2. The highest BCUT2D eigenvalue weighted by Gasteiger charge is 2.30. The lowest BCUT2D eigenvalue weighted by atomic mass is 10.1. The van der Waals surface area contributed by atoms with Gasteiger partial charge in [-0.1, -0.05) is 19.1 Å². The third-order valence-electron chi connectivity index (χ3n) is 7.10. The minimum absolute atomic E-state index is 0.192. The van der Waals surface area contributed by atoms with Crippen LogP contribution in [0.4, 0.5) is 5.95 Å². The number of para-hydroxylation sites is 2. The first-order valence-corrected chi connectivity index (χ1v) is 12.7. The summed E-state index contributed by atoms with van der Waals surface area (Å²) in [5.41, 5.74) is 2.31. The fraction of sp³-hybridized carbons (Fsp3) is 0.423. The van der Waals surface area contributed by atoms with Crippen LogP contribution in [-0.4, -0.2) is 61.5 Å². The zero-order valence-electron chi connectivity index (χ0n) is 20.3. The molecule has 0 atom stereocenters. The fourth-order valence-corrected chi connectivity index (χ4v) is 5.07. The molecule has 36 heavy (non-hydrogen) atoms. The Morgan fingerprint density at radius 1 is 1.06 bits per heavy atom. The van der Waals surface area contributed by atoms with Crippen LogP contribution < -0.4 is 16.1 Å². The van der Waals surface area contributed by atoms with E-state index in [0.717, 1.165) is 48.5 Å². The summed E-state index contributed by atoms with van der Waals surface area (Å²) >= 11 is 0. The molecule has 2 fully saturated rings. The maximum absolute atomic E-state index is 13.9. The van der Waals surface area contributed by atoms with E-state index in [1.807, 2.05) is 36.1 Å². The number of aromatic nitrogens is 5. The lowest BCUT2D eigenvalue weighted by Gasteiger charge is -2.23. The van der Waals surface area contributed by atoms with Crippen LogP contribution >= 0.6 is 0 Å². The summed E-state index contributed by atoms with van der Waals surface area (Å²) in [6.07, 6.45) is 3.49. The van der Waals surface area contributed by atoms with E-state index in [2.05, 4.69) is 14.9 Å². The first-order valence-electron chi connectivity index (χ1n) is 12.7. The molecule has 4 aromatic rings.